The van der Waals surface area contributed by atoms with Gasteiger partial charge >= 0.3 is 7.82 Å². The molecule has 2 aliphatic heterocycles. The van der Waals surface area contributed by atoms with Gasteiger partial charge in [0.1, 0.15) is 16.9 Å². The highest BCUT2D eigenvalue weighted by molar-refractivity contribution is 7.47. The number of imide groups is 1. The number of nitrogens with one attached hydrogen (secondary N) is 1. The number of hydrogen-bond donors (Lipinski definition) is 3. The first kappa shape index (κ1) is 22.3. The summed E-state index contributed by atoms with van der Waals surface area (Å²) in [6.07, 6.45) is -1.78. The monoisotopic (exact) mass is 462 g/mol. The van der Waals surface area contributed by atoms with Crippen LogP contribution in [-0.2, 0) is 23.4 Å². The predicted molar refractivity (Wildman–Crippen MR) is 99.4 cm³/mol. The number of nitro benzene ring substituents is 1. The Kier molecular flexibility index (Phi) is 6.56. The van der Waals surface area contributed by atoms with Crippen molar-refractivity contribution in [2.24, 2.45) is 5.92 Å². The van der Waals surface area contributed by atoms with Gasteiger partial charge in [-0.1, -0.05) is 11.6 Å². The third kappa shape index (κ3) is 5.22. The summed E-state index contributed by atoms with van der Waals surface area (Å²) in [5.41, 5.74) is -0.229. The van der Waals surface area contributed by atoms with Gasteiger partial charge in [0.15, 0.2) is 0 Å². The minimum Gasteiger partial charge on any atom is -0.404 e. The molecule has 3 N–H and O–H groups in total. The minimum absolute atomic E-state index is 0.0000866. The third-order valence-electron chi connectivity index (χ3n) is 4.41. The SMILES string of the molecule is O=C1NC(=O)C([C@H]2C[C@H](O)[C@@H](COP(=O)(O)Oc3ccc([N+](=O)[O-])cc3)O2)C=C1Cl. The third-order valence-corrected chi connectivity index (χ3v) is 5.62. The highest BCUT2D eigenvalue weighted by Crippen LogP contribution is 2.45. The van der Waals surface area contributed by atoms with Crippen molar-refractivity contribution in [1.82, 2.24) is 5.32 Å². The van der Waals surface area contributed by atoms with Crippen molar-refractivity contribution in [3.05, 3.63) is 45.5 Å². The van der Waals surface area contributed by atoms with Crippen LogP contribution < -0.4 is 9.84 Å². The smallest absolute Gasteiger partial charge is 0.404 e. The van der Waals surface area contributed by atoms with Crippen LogP contribution in [0.4, 0.5) is 5.69 Å². The molecule has 12 nitrogen and oxygen atoms in total. The fourth-order valence-electron chi connectivity index (χ4n) is 2.94. The standard InChI is InChI=1S/C16H16ClN2O10P/c17-11-5-10(15(21)18-16(11)22)13-6-12(20)14(28-13)7-27-30(25,26)29-9-3-1-8(2-4-9)19(23)24/h1-5,10,12-14,20H,6-7H2,(H,25,26)(H,18,21,22)/t10?,12-,13+,14+/m0/s1. The molecule has 162 valence electrons. The van der Waals surface area contributed by atoms with E-state index in [0.717, 1.165) is 24.3 Å². The second kappa shape index (κ2) is 8.80. The van der Waals surface area contributed by atoms with Crippen LogP contribution in [0.3, 0.4) is 0 Å². The Morgan fingerprint density at radius 3 is 2.63 bits per heavy atom. The van der Waals surface area contributed by atoms with Gasteiger partial charge in [-0.25, -0.2) is 4.57 Å². The molecule has 5 atom stereocenters. The van der Waals surface area contributed by atoms with Crippen molar-refractivity contribution in [2.45, 2.75) is 24.7 Å². The minimum atomic E-state index is -4.63. The average molecular weight is 463 g/mol. The maximum absolute atomic E-state index is 12.1. The normalized spacial score (nSPS) is 28.4. The zero-order chi connectivity index (χ0) is 22.1. The first-order valence-corrected chi connectivity index (χ1v) is 10.4. The molecule has 3 rings (SSSR count). The number of non-ortho nitro benzene ring substituents is 1. The van der Waals surface area contributed by atoms with Crippen molar-refractivity contribution in [3.8, 4) is 5.75 Å². The molecule has 2 aliphatic rings. The van der Waals surface area contributed by atoms with E-state index < -0.39 is 55.4 Å². The first-order chi connectivity index (χ1) is 14.1. The molecule has 14 heteroatoms. The molecule has 0 radical (unpaired) electrons. The quantitative estimate of drug-likeness (QED) is 0.229. The van der Waals surface area contributed by atoms with E-state index in [0.29, 0.717) is 0 Å². The number of carbonyl (C=O) groups excluding carboxylic acids is 2. The van der Waals surface area contributed by atoms with Crippen LogP contribution in [0, 0.1) is 16.0 Å². The largest absolute Gasteiger partial charge is 0.527 e. The van der Waals surface area contributed by atoms with Crippen molar-refractivity contribution in [1.29, 1.82) is 0 Å². The number of amides is 2. The number of aliphatic hydroxyl groups is 1. The summed E-state index contributed by atoms with van der Waals surface area (Å²) in [6, 6.07) is 4.42. The zero-order valence-electron chi connectivity index (χ0n) is 15.0. The Labute approximate surface area is 174 Å². The number of halogens is 1. The summed E-state index contributed by atoms with van der Waals surface area (Å²) in [7, 11) is -4.63. The molecule has 1 aromatic carbocycles. The molecule has 0 bridgehead atoms. The van der Waals surface area contributed by atoms with E-state index in [4.69, 9.17) is 25.4 Å². The number of carbonyl (C=O) groups is 2. The fourth-order valence-corrected chi connectivity index (χ4v) is 3.90. The van der Waals surface area contributed by atoms with Gasteiger partial charge in [-0.05, 0) is 18.2 Å². The molecule has 0 spiro atoms. The summed E-state index contributed by atoms with van der Waals surface area (Å²) in [4.78, 5) is 43.1. The number of aliphatic hydroxyl groups excluding tert-OH is 1. The Morgan fingerprint density at radius 1 is 1.33 bits per heavy atom. The fraction of sp³-hybridized carbons (Fsp3) is 0.375. The van der Waals surface area contributed by atoms with Crippen LogP contribution in [0.1, 0.15) is 6.42 Å². The summed E-state index contributed by atoms with van der Waals surface area (Å²) in [5.74, 6) is -2.44. The number of nitrogens with zero attached hydrogens (tertiary/aromatic N) is 1. The molecule has 30 heavy (non-hydrogen) atoms. The number of phosphoric acid groups is 1. The lowest BCUT2D eigenvalue weighted by Crippen LogP contribution is -2.43. The Balaban J connectivity index is 1.57. The molecule has 2 heterocycles. The summed E-state index contributed by atoms with van der Waals surface area (Å²) >= 11 is 5.73. The lowest BCUT2D eigenvalue weighted by atomic mass is 9.95. The van der Waals surface area contributed by atoms with Crippen molar-refractivity contribution in [3.63, 3.8) is 0 Å². The Bertz CT molecular complexity index is 936. The van der Waals surface area contributed by atoms with Gasteiger partial charge < -0.3 is 14.4 Å². The highest BCUT2D eigenvalue weighted by Gasteiger charge is 2.43. The van der Waals surface area contributed by atoms with Crippen molar-refractivity contribution in [2.75, 3.05) is 6.61 Å². The number of rotatable bonds is 7. The van der Waals surface area contributed by atoms with E-state index in [-0.39, 0.29) is 22.9 Å². The maximum Gasteiger partial charge on any atom is 0.527 e. The number of hydrogen-bond acceptors (Lipinski definition) is 9. The van der Waals surface area contributed by atoms with Gasteiger partial charge in [0.05, 0.1) is 29.7 Å². The van der Waals surface area contributed by atoms with E-state index >= 15 is 0 Å². The molecular weight excluding hydrogens is 447 g/mol. The lowest BCUT2D eigenvalue weighted by Gasteiger charge is -2.23. The van der Waals surface area contributed by atoms with Crippen LogP contribution in [0.5, 0.6) is 5.75 Å². The number of nitro groups is 1. The molecule has 2 unspecified atom stereocenters. The van der Waals surface area contributed by atoms with Gasteiger partial charge in [-0.2, -0.15) is 0 Å². The van der Waals surface area contributed by atoms with E-state index in [1.807, 2.05) is 0 Å². The van der Waals surface area contributed by atoms with Crippen LogP contribution in [0.25, 0.3) is 0 Å². The summed E-state index contributed by atoms with van der Waals surface area (Å²) in [6.45, 7) is -0.539. The number of phosphoric ester groups is 1. The predicted octanol–water partition coefficient (Wildman–Crippen LogP) is 1.00. The van der Waals surface area contributed by atoms with Crippen LogP contribution in [0.15, 0.2) is 35.4 Å². The van der Waals surface area contributed by atoms with E-state index in [9.17, 15) is 34.3 Å². The molecule has 2 amide bonds. The first-order valence-electron chi connectivity index (χ1n) is 8.53. The van der Waals surface area contributed by atoms with Crippen LogP contribution >= 0.6 is 19.4 Å². The van der Waals surface area contributed by atoms with Crippen molar-refractivity contribution < 1.29 is 42.9 Å². The molecule has 0 aliphatic carbocycles. The van der Waals surface area contributed by atoms with Gasteiger partial charge in [0.2, 0.25) is 5.91 Å². The van der Waals surface area contributed by atoms with Gasteiger partial charge in [-0.15, -0.1) is 0 Å². The number of ether oxygens (including phenoxy) is 1. The van der Waals surface area contributed by atoms with Gasteiger partial charge in [-0.3, -0.25) is 34.4 Å². The van der Waals surface area contributed by atoms with Gasteiger partial charge in [0.25, 0.3) is 11.6 Å². The van der Waals surface area contributed by atoms with E-state index in [1.165, 1.54) is 6.08 Å². The number of benzene rings is 1. The second-order valence-electron chi connectivity index (χ2n) is 6.48. The van der Waals surface area contributed by atoms with E-state index in [1.54, 1.807) is 0 Å². The average Bonchev–Trinajstić information content (AvgIpc) is 3.03. The highest BCUT2D eigenvalue weighted by atomic mass is 35.5. The second-order valence-corrected chi connectivity index (χ2v) is 8.27. The van der Waals surface area contributed by atoms with E-state index in [2.05, 4.69) is 5.32 Å². The lowest BCUT2D eigenvalue weighted by molar-refractivity contribution is -0.384. The Morgan fingerprint density at radius 2 is 2.00 bits per heavy atom. The van der Waals surface area contributed by atoms with Gasteiger partial charge in [0, 0.05) is 18.6 Å². The maximum atomic E-state index is 12.1. The van der Waals surface area contributed by atoms with Crippen LogP contribution in [0.2, 0.25) is 0 Å². The Hall–Kier alpha value is -2.34. The molecule has 1 fully saturated rings. The summed E-state index contributed by atoms with van der Waals surface area (Å²) < 4.78 is 27.3. The molecule has 1 saturated heterocycles. The molecule has 0 aromatic heterocycles. The van der Waals surface area contributed by atoms with Crippen molar-refractivity contribution >= 4 is 36.9 Å². The topological polar surface area (TPSA) is 175 Å². The molecule has 0 saturated carbocycles. The molecule has 1 aromatic rings. The zero-order valence-corrected chi connectivity index (χ0v) is 16.7. The molecular formula is C16H16ClN2O10P. The van der Waals surface area contributed by atoms with Crippen LogP contribution in [-0.4, -0.2) is 51.7 Å². The summed E-state index contributed by atoms with van der Waals surface area (Å²) in [5, 5.41) is 22.6.